The Morgan fingerprint density at radius 2 is 1.75 bits per heavy atom. The van der Waals surface area contributed by atoms with Gasteiger partial charge < -0.3 is 14.4 Å². The summed E-state index contributed by atoms with van der Waals surface area (Å²) in [4.78, 5) is 14.4. The Kier molecular flexibility index (Phi) is 4.69. The van der Waals surface area contributed by atoms with Crippen LogP contribution in [-0.2, 0) is 17.5 Å². The minimum absolute atomic E-state index is 0.000197. The molecule has 1 heterocycles. The number of rotatable bonds is 4. The monoisotopic (exact) mass is 391 g/mol. The summed E-state index contributed by atoms with van der Waals surface area (Å²) in [6.07, 6.45) is -3.68. The van der Waals surface area contributed by atoms with Crippen LogP contribution in [0.25, 0.3) is 0 Å². The topological polar surface area (TPSA) is 38.8 Å². The number of benzene rings is 2. The van der Waals surface area contributed by atoms with E-state index >= 15 is 0 Å². The van der Waals surface area contributed by atoms with Crippen LogP contribution in [0.15, 0.2) is 42.5 Å². The summed E-state index contributed by atoms with van der Waals surface area (Å²) in [7, 11) is 1.74. The number of amides is 1. The minimum atomic E-state index is -4.35. The molecule has 28 heavy (non-hydrogen) atoms. The van der Waals surface area contributed by atoms with E-state index in [1.165, 1.54) is 12.1 Å². The number of hydrogen-bond acceptors (Lipinski definition) is 3. The molecule has 1 aliphatic carbocycles. The lowest BCUT2D eigenvalue weighted by atomic mass is 10.1. The van der Waals surface area contributed by atoms with Crippen molar-refractivity contribution in [2.45, 2.75) is 25.1 Å². The van der Waals surface area contributed by atoms with E-state index in [-0.39, 0.29) is 17.7 Å². The molecular weight excluding hydrogens is 371 g/mol. The number of carbonyl (C=O) groups is 1. The molecule has 0 saturated heterocycles. The van der Waals surface area contributed by atoms with Gasteiger partial charge in [-0.15, -0.1) is 0 Å². The number of fused-ring (bicyclic) bond motifs is 1. The molecular formula is C21H20F3NO3. The van der Waals surface area contributed by atoms with Gasteiger partial charge in [-0.1, -0.05) is 18.2 Å². The Morgan fingerprint density at radius 3 is 2.43 bits per heavy atom. The van der Waals surface area contributed by atoms with E-state index in [1.54, 1.807) is 11.9 Å². The molecule has 2 aliphatic rings. The fourth-order valence-electron chi connectivity index (χ4n) is 3.58. The van der Waals surface area contributed by atoms with Crippen molar-refractivity contribution in [3.8, 4) is 11.5 Å². The van der Waals surface area contributed by atoms with Crippen LogP contribution in [0.2, 0.25) is 0 Å². The number of nitrogens with zero attached hydrogens (tertiary/aromatic N) is 1. The summed E-state index contributed by atoms with van der Waals surface area (Å²) in [5, 5.41) is 0. The quantitative estimate of drug-likeness (QED) is 0.783. The molecule has 2 aromatic carbocycles. The van der Waals surface area contributed by atoms with E-state index in [4.69, 9.17) is 9.47 Å². The van der Waals surface area contributed by atoms with Crippen molar-refractivity contribution in [1.82, 2.24) is 4.90 Å². The summed E-state index contributed by atoms with van der Waals surface area (Å²) in [6, 6.07) is 10.7. The summed E-state index contributed by atoms with van der Waals surface area (Å²) >= 11 is 0. The van der Waals surface area contributed by atoms with Crippen molar-refractivity contribution < 1.29 is 27.4 Å². The largest absolute Gasteiger partial charge is 0.486 e. The second kappa shape index (κ2) is 7.04. The second-order valence-corrected chi connectivity index (χ2v) is 7.24. The SMILES string of the molecule is CN(Cc1ccc2c(c1)OCCO2)C(=O)C1CC1c1ccc(C(F)(F)F)cc1. The van der Waals surface area contributed by atoms with E-state index in [2.05, 4.69) is 0 Å². The zero-order chi connectivity index (χ0) is 19.9. The van der Waals surface area contributed by atoms with Gasteiger partial charge in [-0.3, -0.25) is 4.79 Å². The fraction of sp³-hybridized carbons (Fsp3) is 0.381. The lowest BCUT2D eigenvalue weighted by Crippen LogP contribution is -2.28. The Labute approximate surface area is 160 Å². The lowest BCUT2D eigenvalue weighted by Gasteiger charge is -2.21. The van der Waals surface area contributed by atoms with E-state index in [0.717, 1.165) is 23.3 Å². The average Bonchev–Trinajstić information content (AvgIpc) is 3.47. The number of ether oxygens (including phenoxy) is 2. The molecule has 1 aliphatic heterocycles. The Hall–Kier alpha value is -2.70. The van der Waals surface area contributed by atoms with Gasteiger partial charge in [0.15, 0.2) is 11.5 Å². The van der Waals surface area contributed by atoms with Gasteiger partial charge in [-0.25, -0.2) is 0 Å². The van der Waals surface area contributed by atoms with E-state index < -0.39 is 11.7 Å². The molecule has 4 nitrogen and oxygen atoms in total. The first kappa shape index (κ1) is 18.7. The first-order valence-electron chi connectivity index (χ1n) is 9.13. The van der Waals surface area contributed by atoms with Crippen LogP contribution in [0.1, 0.15) is 29.0 Å². The molecule has 148 valence electrons. The molecule has 0 N–H and O–H groups in total. The van der Waals surface area contributed by atoms with E-state index in [9.17, 15) is 18.0 Å². The van der Waals surface area contributed by atoms with Gasteiger partial charge in [0.2, 0.25) is 5.91 Å². The van der Waals surface area contributed by atoms with Crippen LogP contribution in [0.3, 0.4) is 0 Å². The Balaban J connectivity index is 1.37. The maximum Gasteiger partial charge on any atom is 0.416 e. The first-order valence-corrected chi connectivity index (χ1v) is 9.13. The molecule has 0 bridgehead atoms. The minimum Gasteiger partial charge on any atom is -0.486 e. The van der Waals surface area contributed by atoms with E-state index in [0.29, 0.717) is 37.7 Å². The highest BCUT2D eigenvalue weighted by molar-refractivity contribution is 5.82. The fourth-order valence-corrected chi connectivity index (χ4v) is 3.58. The van der Waals surface area contributed by atoms with Crippen LogP contribution < -0.4 is 9.47 Å². The summed E-state index contributed by atoms with van der Waals surface area (Å²) in [6.45, 7) is 1.46. The van der Waals surface area contributed by atoms with Gasteiger partial charge in [0, 0.05) is 19.5 Å². The van der Waals surface area contributed by atoms with Crippen molar-refractivity contribution in [2.24, 2.45) is 5.92 Å². The van der Waals surface area contributed by atoms with Gasteiger partial charge in [0.25, 0.3) is 0 Å². The van der Waals surface area contributed by atoms with Crippen molar-refractivity contribution in [1.29, 1.82) is 0 Å². The first-order chi connectivity index (χ1) is 13.3. The maximum atomic E-state index is 12.7. The zero-order valence-electron chi connectivity index (χ0n) is 15.3. The molecule has 4 rings (SSSR count). The highest BCUT2D eigenvalue weighted by Crippen LogP contribution is 2.49. The molecule has 0 spiro atoms. The lowest BCUT2D eigenvalue weighted by molar-refractivity contribution is -0.137. The molecule has 1 saturated carbocycles. The van der Waals surface area contributed by atoms with Crippen LogP contribution in [0, 0.1) is 5.92 Å². The third kappa shape index (κ3) is 3.79. The van der Waals surface area contributed by atoms with Gasteiger partial charge in [-0.2, -0.15) is 13.2 Å². The molecule has 1 fully saturated rings. The van der Waals surface area contributed by atoms with Gasteiger partial charge in [0.1, 0.15) is 13.2 Å². The van der Waals surface area contributed by atoms with Crippen molar-refractivity contribution >= 4 is 5.91 Å². The van der Waals surface area contributed by atoms with Crippen LogP contribution in [0.5, 0.6) is 11.5 Å². The maximum absolute atomic E-state index is 12.7. The molecule has 1 amide bonds. The van der Waals surface area contributed by atoms with Crippen LogP contribution in [-0.4, -0.2) is 31.1 Å². The predicted octanol–water partition coefficient (Wildman–Crippen LogP) is 4.24. The molecule has 7 heteroatoms. The Morgan fingerprint density at radius 1 is 1.07 bits per heavy atom. The zero-order valence-corrected chi connectivity index (χ0v) is 15.3. The number of hydrogen-bond donors (Lipinski definition) is 0. The standard InChI is InChI=1S/C21H20F3NO3/c1-25(12-13-2-7-18-19(10-13)28-9-8-27-18)20(26)17-11-16(17)14-3-5-15(6-4-14)21(22,23)24/h2-7,10,16-17H,8-9,11-12H2,1H3. The third-order valence-corrected chi connectivity index (χ3v) is 5.18. The highest BCUT2D eigenvalue weighted by Gasteiger charge is 2.45. The number of carbonyl (C=O) groups excluding carboxylic acids is 1. The van der Waals surface area contributed by atoms with E-state index in [1.807, 2.05) is 18.2 Å². The number of halogens is 3. The highest BCUT2D eigenvalue weighted by atomic mass is 19.4. The number of alkyl halides is 3. The van der Waals surface area contributed by atoms with Gasteiger partial charge >= 0.3 is 6.18 Å². The van der Waals surface area contributed by atoms with Crippen molar-refractivity contribution in [2.75, 3.05) is 20.3 Å². The Bertz CT molecular complexity index is 879. The molecule has 2 unspecified atom stereocenters. The molecule has 2 aromatic rings. The smallest absolute Gasteiger partial charge is 0.416 e. The molecule has 0 radical (unpaired) electrons. The van der Waals surface area contributed by atoms with Crippen molar-refractivity contribution in [3.63, 3.8) is 0 Å². The van der Waals surface area contributed by atoms with Gasteiger partial charge in [-0.05, 0) is 47.7 Å². The summed E-state index contributed by atoms with van der Waals surface area (Å²) in [5.41, 5.74) is 1.04. The molecule has 2 atom stereocenters. The summed E-state index contributed by atoms with van der Waals surface area (Å²) < 4.78 is 49.1. The van der Waals surface area contributed by atoms with Gasteiger partial charge in [0.05, 0.1) is 5.56 Å². The normalized spacial score (nSPS) is 20.6. The van der Waals surface area contributed by atoms with Crippen LogP contribution >= 0.6 is 0 Å². The van der Waals surface area contributed by atoms with Crippen LogP contribution in [0.4, 0.5) is 13.2 Å². The van der Waals surface area contributed by atoms with Crippen molar-refractivity contribution in [3.05, 3.63) is 59.2 Å². The third-order valence-electron chi connectivity index (χ3n) is 5.18. The average molecular weight is 391 g/mol. The summed E-state index contributed by atoms with van der Waals surface area (Å²) in [5.74, 6) is 1.18. The predicted molar refractivity (Wildman–Crippen MR) is 96.2 cm³/mol. The second-order valence-electron chi connectivity index (χ2n) is 7.24. The molecule has 0 aromatic heterocycles.